The molecule has 0 N–H and O–H groups in total. The van der Waals surface area contributed by atoms with Gasteiger partial charge in [0.25, 0.3) is 0 Å². The van der Waals surface area contributed by atoms with Crippen LogP contribution in [-0.4, -0.2) is 19.9 Å². The summed E-state index contributed by atoms with van der Waals surface area (Å²) in [6.45, 7) is 17.6. The molecule has 6 heteroatoms. The van der Waals surface area contributed by atoms with Gasteiger partial charge in [-0.3, -0.25) is 4.98 Å². The SMILES string of the molecule is CC(C)c1ccc(C(C)C)c2oc(-c3ccc(-c4ccc(-c5ccc(-c6ccccn6)nc5-c5ccc(-c6ccc(-c7nc8c(C(C)C)ccc(C(C)C)c8o7)cc6)cc5)cc4)cc3)nc12. The predicted molar refractivity (Wildman–Crippen MR) is 272 cm³/mol. The van der Waals surface area contributed by atoms with E-state index < -0.39 is 0 Å². The van der Waals surface area contributed by atoms with E-state index in [4.69, 9.17) is 23.8 Å². The van der Waals surface area contributed by atoms with Crippen LogP contribution in [0.5, 0.6) is 0 Å². The molecule has 66 heavy (non-hydrogen) atoms. The molecule has 10 aromatic rings. The van der Waals surface area contributed by atoms with Gasteiger partial charge in [0.2, 0.25) is 11.8 Å². The van der Waals surface area contributed by atoms with E-state index in [2.05, 4.69) is 194 Å². The molecular formula is C60H54N4O2. The van der Waals surface area contributed by atoms with Crippen LogP contribution in [0.25, 0.3) is 101 Å². The lowest BCUT2D eigenvalue weighted by molar-refractivity contribution is 0.611. The molecule has 0 aliphatic rings. The average molecular weight is 863 g/mol. The van der Waals surface area contributed by atoms with Crippen molar-refractivity contribution >= 4 is 22.2 Å². The Bertz CT molecular complexity index is 3230. The Morgan fingerprint density at radius 3 is 1.14 bits per heavy atom. The molecule has 0 aliphatic carbocycles. The maximum atomic E-state index is 6.48. The van der Waals surface area contributed by atoms with Crippen molar-refractivity contribution in [2.75, 3.05) is 0 Å². The van der Waals surface area contributed by atoms with Gasteiger partial charge >= 0.3 is 0 Å². The third-order valence-electron chi connectivity index (χ3n) is 12.8. The Hall–Kier alpha value is -7.44. The molecule has 0 aliphatic heterocycles. The summed E-state index contributed by atoms with van der Waals surface area (Å²) in [5.41, 5.74) is 20.6. The van der Waals surface area contributed by atoms with Gasteiger partial charge in [0.15, 0.2) is 11.2 Å². The molecule has 326 valence electrons. The maximum Gasteiger partial charge on any atom is 0.227 e. The zero-order valence-corrected chi connectivity index (χ0v) is 38.9. The van der Waals surface area contributed by atoms with Gasteiger partial charge in [0.1, 0.15) is 11.0 Å². The number of hydrogen-bond acceptors (Lipinski definition) is 6. The molecule has 0 saturated heterocycles. The topological polar surface area (TPSA) is 77.8 Å². The Labute approximate surface area is 387 Å². The quantitative estimate of drug-likeness (QED) is 0.129. The molecule has 4 heterocycles. The van der Waals surface area contributed by atoms with Crippen molar-refractivity contribution in [2.24, 2.45) is 0 Å². The number of nitrogens with zero attached hydrogens (tertiary/aromatic N) is 4. The standard InChI is InChI=1S/C60H54N4O2/c1-35(2)47-28-30-49(37(5)6)57-55(47)63-59(65-57)45-24-16-41(17-25-45)39-12-20-43(21-13-39)51-32-33-53(52-11-9-10-34-61-52)62-54(51)44-22-14-40(15-23-44)42-18-26-46(27-19-42)60-64-56-48(36(3)4)29-31-50(38(7)8)58(56)66-60/h9-38H,1-8H3. The van der Waals surface area contributed by atoms with Gasteiger partial charge in [-0.1, -0.05) is 159 Å². The molecule has 0 fully saturated rings. The van der Waals surface area contributed by atoms with E-state index in [1.807, 2.05) is 24.4 Å². The second-order valence-electron chi connectivity index (χ2n) is 18.6. The summed E-state index contributed by atoms with van der Waals surface area (Å²) < 4.78 is 13.0. The number of pyridine rings is 2. The minimum atomic E-state index is 0.338. The van der Waals surface area contributed by atoms with Crippen LogP contribution in [0, 0.1) is 0 Å². The molecule has 0 spiro atoms. The fraction of sp³-hybridized carbons (Fsp3) is 0.200. The predicted octanol–water partition coefficient (Wildman–Crippen LogP) is 16.9. The van der Waals surface area contributed by atoms with Gasteiger partial charge in [0, 0.05) is 28.5 Å². The van der Waals surface area contributed by atoms with Crippen LogP contribution in [0.2, 0.25) is 0 Å². The van der Waals surface area contributed by atoms with Crippen LogP contribution in [0.1, 0.15) is 101 Å². The Morgan fingerprint density at radius 1 is 0.333 bits per heavy atom. The monoisotopic (exact) mass is 862 g/mol. The van der Waals surface area contributed by atoms with Gasteiger partial charge in [-0.15, -0.1) is 0 Å². The van der Waals surface area contributed by atoms with E-state index >= 15 is 0 Å². The number of rotatable bonds is 11. The highest BCUT2D eigenvalue weighted by Gasteiger charge is 2.21. The third-order valence-corrected chi connectivity index (χ3v) is 12.8. The van der Waals surface area contributed by atoms with Crippen molar-refractivity contribution in [1.82, 2.24) is 19.9 Å². The second kappa shape index (κ2) is 17.5. The van der Waals surface area contributed by atoms with Crippen LogP contribution in [-0.2, 0) is 0 Å². The van der Waals surface area contributed by atoms with Crippen LogP contribution in [0.4, 0.5) is 0 Å². The van der Waals surface area contributed by atoms with E-state index in [0.29, 0.717) is 35.5 Å². The van der Waals surface area contributed by atoms with Crippen molar-refractivity contribution in [2.45, 2.75) is 79.1 Å². The smallest absolute Gasteiger partial charge is 0.227 e. The van der Waals surface area contributed by atoms with E-state index in [-0.39, 0.29) is 0 Å². The lowest BCUT2D eigenvalue weighted by Crippen LogP contribution is -1.94. The highest BCUT2D eigenvalue weighted by molar-refractivity contribution is 5.87. The lowest BCUT2D eigenvalue weighted by Gasteiger charge is -2.13. The van der Waals surface area contributed by atoms with E-state index in [9.17, 15) is 0 Å². The van der Waals surface area contributed by atoms with Crippen molar-refractivity contribution in [3.63, 3.8) is 0 Å². The molecule has 4 aromatic heterocycles. The largest absolute Gasteiger partial charge is 0.436 e. The minimum absolute atomic E-state index is 0.338. The zero-order valence-electron chi connectivity index (χ0n) is 38.9. The average Bonchev–Trinajstić information content (AvgIpc) is 4.00. The highest BCUT2D eigenvalue weighted by Crippen LogP contribution is 2.39. The first kappa shape index (κ1) is 42.5. The summed E-state index contributed by atoms with van der Waals surface area (Å²) in [7, 11) is 0. The molecule has 0 radical (unpaired) electrons. The fourth-order valence-corrected chi connectivity index (χ4v) is 9.02. The summed E-state index contributed by atoms with van der Waals surface area (Å²) in [6, 6.07) is 53.4. The molecule has 0 atom stereocenters. The minimum Gasteiger partial charge on any atom is -0.436 e. The number of fused-ring (bicyclic) bond motifs is 2. The van der Waals surface area contributed by atoms with Crippen molar-refractivity contribution in [1.29, 1.82) is 0 Å². The molecule has 6 aromatic carbocycles. The number of benzene rings is 6. The first-order valence-corrected chi connectivity index (χ1v) is 23.2. The number of aromatic nitrogens is 4. The molecule has 0 bridgehead atoms. The van der Waals surface area contributed by atoms with Gasteiger partial charge in [-0.05, 0) is 122 Å². The molecule has 0 amide bonds. The van der Waals surface area contributed by atoms with E-state index in [1.165, 1.54) is 22.3 Å². The van der Waals surface area contributed by atoms with Crippen LogP contribution < -0.4 is 0 Å². The normalized spacial score (nSPS) is 11.9. The molecule has 6 nitrogen and oxygen atoms in total. The molecule has 0 saturated carbocycles. The highest BCUT2D eigenvalue weighted by atomic mass is 16.4. The third kappa shape index (κ3) is 8.02. The first-order valence-electron chi connectivity index (χ1n) is 23.2. The Kier molecular flexibility index (Phi) is 11.3. The second-order valence-corrected chi connectivity index (χ2v) is 18.6. The number of hydrogen-bond donors (Lipinski definition) is 0. The van der Waals surface area contributed by atoms with Gasteiger partial charge in [0.05, 0.1) is 17.1 Å². The molecule has 10 rings (SSSR count). The van der Waals surface area contributed by atoms with Gasteiger partial charge in [-0.2, -0.15) is 0 Å². The summed E-state index contributed by atoms with van der Waals surface area (Å²) in [5.74, 6) is 2.68. The van der Waals surface area contributed by atoms with E-state index in [1.54, 1.807) is 0 Å². The van der Waals surface area contributed by atoms with Crippen LogP contribution >= 0.6 is 0 Å². The van der Waals surface area contributed by atoms with Crippen molar-refractivity contribution in [3.05, 3.63) is 180 Å². The zero-order chi connectivity index (χ0) is 45.6. The summed E-state index contributed by atoms with van der Waals surface area (Å²) >= 11 is 0. The lowest BCUT2D eigenvalue weighted by atomic mass is 9.95. The Balaban J connectivity index is 0.930. The summed E-state index contributed by atoms with van der Waals surface area (Å²) in [4.78, 5) is 19.9. The van der Waals surface area contributed by atoms with Crippen LogP contribution in [0.15, 0.2) is 167 Å². The van der Waals surface area contributed by atoms with Gasteiger partial charge < -0.3 is 8.83 Å². The van der Waals surface area contributed by atoms with E-state index in [0.717, 1.165) is 89.4 Å². The molecule has 0 unspecified atom stereocenters. The summed E-state index contributed by atoms with van der Waals surface area (Å²) in [5, 5.41) is 0. The first-order chi connectivity index (χ1) is 32.0. The van der Waals surface area contributed by atoms with Crippen molar-refractivity contribution < 1.29 is 8.83 Å². The van der Waals surface area contributed by atoms with Crippen molar-refractivity contribution in [3.8, 4) is 78.9 Å². The number of oxazole rings is 2. The fourth-order valence-electron chi connectivity index (χ4n) is 9.02. The maximum absolute atomic E-state index is 6.48. The Morgan fingerprint density at radius 2 is 0.727 bits per heavy atom. The summed E-state index contributed by atoms with van der Waals surface area (Å²) in [6.07, 6.45) is 1.81. The molecular weight excluding hydrogens is 809 g/mol. The van der Waals surface area contributed by atoms with Crippen LogP contribution in [0.3, 0.4) is 0 Å². The van der Waals surface area contributed by atoms with Gasteiger partial charge in [-0.25, -0.2) is 15.0 Å².